The lowest BCUT2D eigenvalue weighted by molar-refractivity contribution is 0.111. The lowest BCUT2D eigenvalue weighted by atomic mass is 9.71. The zero-order valence-electron chi connectivity index (χ0n) is 7.03. The van der Waals surface area contributed by atoms with E-state index >= 15 is 0 Å². The van der Waals surface area contributed by atoms with Crippen molar-refractivity contribution in [3.8, 4) is 0 Å². The fraction of sp³-hybridized carbons (Fsp3) is 1.00. The van der Waals surface area contributed by atoms with Crippen LogP contribution in [0.25, 0.3) is 0 Å². The van der Waals surface area contributed by atoms with Gasteiger partial charge in [-0.2, -0.15) is 0 Å². The molecule has 0 amide bonds. The van der Waals surface area contributed by atoms with Gasteiger partial charge in [0.15, 0.2) is 0 Å². The van der Waals surface area contributed by atoms with Crippen molar-refractivity contribution in [3.63, 3.8) is 0 Å². The number of methoxy groups -OCH3 is 1. The fourth-order valence-corrected chi connectivity index (χ4v) is 1.08. The molecule has 11 heavy (non-hydrogen) atoms. The molecule has 0 atom stereocenters. The Hall–Kier alpha value is -0.185. The van der Waals surface area contributed by atoms with E-state index in [0.717, 1.165) is 0 Å². The molecule has 5 heteroatoms. The summed E-state index contributed by atoms with van der Waals surface area (Å²) in [5.74, 6) is 0. The highest BCUT2D eigenvalue weighted by molar-refractivity contribution is 6.58. The predicted molar refractivity (Wildman–Crippen MR) is 39.5 cm³/mol. The molecule has 0 unspecified atom stereocenters. The van der Waals surface area contributed by atoms with Crippen molar-refractivity contribution in [3.05, 3.63) is 0 Å². The number of halogens is 3. The van der Waals surface area contributed by atoms with Crippen molar-refractivity contribution in [2.24, 2.45) is 5.41 Å². The standard InChI is InChI=1S/C6H13BF3O/c1-6(2,5-11-3)4-7(8,9)10/h4-5H2,1-3H3/q-1. The summed E-state index contributed by atoms with van der Waals surface area (Å²) in [4.78, 5) is 0. The largest absolute Gasteiger partial charge is 0.478 e. The van der Waals surface area contributed by atoms with Crippen molar-refractivity contribution in [2.75, 3.05) is 13.7 Å². The molecule has 0 aliphatic carbocycles. The first kappa shape index (κ1) is 10.8. The Morgan fingerprint density at radius 2 is 1.73 bits per heavy atom. The third-order valence-electron chi connectivity index (χ3n) is 1.32. The minimum absolute atomic E-state index is 0.147. The van der Waals surface area contributed by atoms with E-state index in [0.29, 0.717) is 0 Å². The summed E-state index contributed by atoms with van der Waals surface area (Å²) in [5.41, 5.74) is -0.785. The van der Waals surface area contributed by atoms with Gasteiger partial charge in [0.05, 0.1) is 0 Å². The molecule has 0 spiro atoms. The van der Waals surface area contributed by atoms with E-state index in [2.05, 4.69) is 4.74 Å². The number of hydrogen-bond donors (Lipinski definition) is 0. The monoisotopic (exact) mass is 169 g/mol. The molecule has 0 saturated carbocycles. The Balaban J connectivity index is 3.91. The summed E-state index contributed by atoms with van der Waals surface area (Å²) >= 11 is 0. The van der Waals surface area contributed by atoms with Crippen LogP contribution >= 0.6 is 0 Å². The molecule has 68 valence electrons. The fourth-order valence-electron chi connectivity index (χ4n) is 1.08. The van der Waals surface area contributed by atoms with Gasteiger partial charge < -0.3 is 17.7 Å². The van der Waals surface area contributed by atoms with E-state index < -0.39 is 18.7 Å². The molecule has 0 bridgehead atoms. The minimum Gasteiger partial charge on any atom is -0.449 e. The summed E-state index contributed by atoms with van der Waals surface area (Å²) in [6.07, 6.45) is -0.735. The molecule has 0 fully saturated rings. The van der Waals surface area contributed by atoms with Crippen molar-refractivity contribution in [1.82, 2.24) is 0 Å². The molecule has 0 radical (unpaired) electrons. The molecular weight excluding hydrogens is 156 g/mol. The van der Waals surface area contributed by atoms with Crippen LogP contribution < -0.4 is 0 Å². The van der Waals surface area contributed by atoms with E-state index in [-0.39, 0.29) is 6.61 Å². The van der Waals surface area contributed by atoms with E-state index in [1.54, 1.807) is 13.8 Å². The summed E-state index contributed by atoms with van der Waals surface area (Å²) in [6, 6.07) is 0. The summed E-state index contributed by atoms with van der Waals surface area (Å²) in [7, 11) is 1.41. The molecule has 0 aromatic carbocycles. The van der Waals surface area contributed by atoms with Crippen LogP contribution in [0.4, 0.5) is 12.9 Å². The van der Waals surface area contributed by atoms with E-state index in [9.17, 15) is 12.9 Å². The molecule has 0 aromatic rings. The van der Waals surface area contributed by atoms with Crippen LogP contribution in [0.2, 0.25) is 6.32 Å². The molecule has 0 aliphatic heterocycles. The Bertz CT molecular complexity index is 121. The van der Waals surface area contributed by atoms with Crippen LogP contribution in [-0.4, -0.2) is 20.7 Å². The van der Waals surface area contributed by atoms with Gasteiger partial charge in [0, 0.05) is 13.7 Å². The minimum atomic E-state index is -4.69. The molecule has 0 rings (SSSR count). The van der Waals surface area contributed by atoms with Gasteiger partial charge in [-0.05, 0) is 5.41 Å². The second-order valence-corrected chi connectivity index (χ2v) is 3.51. The predicted octanol–water partition coefficient (Wildman–Crippen LogP) is 2.51. The molecular formula is C6H13BF3O-. The van der Waals surface area contributed by atoms with Crippen LogP contribution in [0.1, 0.15) is 13.8 Å². The Morgan fingerprint density at radius 3 is 2.00 bits per heavy atom. The lowest BCUT2D eigenvalue weighted by Crippen LogP contribution is -2.29. The van der Waals surface area contributed by atoms with Gasteiger partial charge in [-0.1, -0.05) is 20.2 Å². The highest BCUT2D eigenvalue weighted by Gasteiger charge is 2.32. The summed E-state index contributed by atoms with van der Waals surface area (Å²) in [5, 5.41) is 0. The Kier molecular flexibility index (Phi) is 3.42. The van der Waals surface area contributed by atoms with Crippen LogP contribution in [0.15, 0.2) is 0 Å². The second-order valence-electron chi connectivity index (χ2n) is 3.51. The van der Waals surface area contributed by atoms with Crippen molar-refractivity contribution < 1.29 is 17.7 Å². The average Bonchev–Trinajstić information content (AvgIpc) is 1.55. The molecule has 0 saturated heterocycles. The molecule has 0 N–H and O–H groups in total. The smallest absolute Gasteiger partial charge is 0.449 e. The van der Waals surface area contributed by atoms with Gasteiger partial charge in [0.2, 0.25) is 0 Å². The quantitative estimate of drug-likeness (QED) is 0.587. The zero-order valence-corrected chi connectivity index (χ0v) is 7.03. The Labute approximate surface area is 65.0 Å². The number of hydrogen-bond acceptors (Lipinski definition) is 1. The average molecular weight is 169 g/mol. The topological polar surface area (TPSA) is 9.23 Å². The van der Waals surface area contributed by atoms with Gasteiger partial charge >= 0.3 is 6.98 Å². The van der Waals surface area contributed by atoms with Gasteiger partial charge in [0.25, 0.3) is 0 Å². The molecule has 0 aromatic heterocycles. The van der Waals surface area contributed by atoms with E-state index in [1.807, 2.05) is 0 Å². The highest BCUT2D eigenvalue weighted by Crippen LogP contribution is 2.30. The third kappa shape index (κ3) is 6.22. The first-order valence-corrected chi connectivity index (χ1v) is 3.47. The lowest BCUT2D eigenvalue weighted by Gasteiger charge is -2.29. The van der Waals surface area contributed by atoms with Crippen LogP contribution in [0.3, 0.4) is 0 Å². The van der Waals surface area contributed by atoms with Crippen LogP contribution in [0.5, 0.6) is 0 Å². The van der Waals surface area contributed by atoms with Gasteiger partial charge in [-0.25, -0.2) is 0 Å². The van der Waals surface area contributed by atoms with E-state index in [4.69, 9.17) is 0 Å². The summed E-state index contributed by atoms with van der Waals surface area (Å²) in [6.45, 7) is -1.44. The summed E-state index contributed by atoms with van der Waals surface area (Å²) < 4.78 is 40.3. The molecule has 1 nitrogen and oxygen atoms in total. The van der Waals surface area contributed by atoms with Gasteiger partial charge in [-0.3, -0.25) is 0 Å². The van der Waals surface area contributed by atoms with Crippen molar-refractivity contribution in [1.29, 1.82) is 0 Å². The number of ether oxygens (including phenoxy) is 1. The van der Waals surface area contributed by atoms with Crippen molar-refractivity contribution in [2.45, 2.75) is 20.2 Å². The van der Waals surface area contributed by atoms with Gasteiger partial charge in [-0.15, -0.1) is 0 Å². The SMILES string of the molecule is COCC(C)(C)C[B-](F)(F)F. The van der Waals surface area contributed by atoms with Crippen molar-refractivity contribution >= 4 is 6.98 Å². The highest BCUT2D eigenvalue weighted by atomic mass is 19.4. The van der Waals surface area contributed by atoms with Gasteiger partial charge in [0.1, 0.15) is 0 Å². The Morgan fingerprint density at radius 1 is 1.27 bits per heavy atom. The van der Waals surface area contributed by atoms with Crippen LogP contribution in [-0.2, 0) is 4.74 Å². The first-order valence-electron chi connectivity index (χ1n) is 3.47. The first-order chi connectivity index (χ1) is 4.77. The zero-order chi connectivity index (χ0) is 9.12. The molecule has 0 aliphatic rings. The maximum atomic E-state index is 11.9. The third-order valence-corrected chi connectivity index (χ3v) is 1.32. The maximum Gasteiger partial charge on any atom is 0.478 e. The number of rotatable bonds is 4. The van der Waals surface area contributed by atoms with E-state index in [1.165, 1.54) is 7.11 Å². The second kappa shape index (κ2) is 3.47. The van der Waals surface area contributed by atoms with Crippen LogP contribution in [0, 0.1) is 5.41 Å². The maximum absolute atomic E-state index is 11.9. The molecule has 0 heterocycles. The normalized spacial score (nSPS) is 13.6.